The number of carbonyl (C=O) groups is 2. The van der Waals surface area contributed by atoms with Crippen LogP contribution in [-0.4, -0.2) is 51.0 Å². The molecule has 210 valence electrons. The second kappa shape index (κ2) is 10.6. The second-order valence-electron chi connectivity index (χ2n) is 12.3. The van der Waals surface area contributed by atoms with E-state index in [2.05, 4.69) is 17.4 Å². The number of anilines is 1. The van der Waals surface area contributed by atoms with Crippen molar-refractivity contribution in [1.82, 2.24) is 10.2 Å². The molecule has 0 radical (unpaired) electrons. The molecule has 7 nitrogen and oxygen atoms in total. The lowest BCUT2D eigenvalue weighted by molar-refractivity contribution is -0.139. The summed E-state index contributed by atoms with van der Waals surface area (Å²) in [5.41, 5.74) is 3.92. The lowest BCUT2D eigenvalue weighted by Crippen LogP contribution is -2.50. The normalized spacial score (nSPS) is 26.2. The minimum absolute atomic E-state index is 0.206. The minimum Gasteiger partial charge on any atom is -0.357 e. The zero-order valence-electron chi connectivity index (χ0n) is 23.5. The first kappa shape index (κ1) is 27.7. The molecule has 4 fully saturated rings. The lowest BCUT2D eigenvalue weighted by atomic mass is 9.48. The van der Waals surface area contributed by atoms with Crippen LogP contribution in [-0.2, 0) is 31.6 Å². The van der Waals surface area contributed by atoms with Gasteiger partial charge in [-0.25, -0.2) is 8.42 Å². The average molecular weight is 552 g/mol. The molecule has 0 heterocycles. The predicted molar refractivity (Wildman–Crippen MR) is 154 cm³/mol. The fourth-order valence-electron chi connectivity index (χ4n) is 7.86. The Balaban J connectivity index is 1.39. The third-order valence-corrected chi connectivity index (χ3v) is 10.5. The number of nitrogens with zero attached hydrogens (tertiary/aromatic N) is 2. The molecule has 2 amide bonds. The zero-order chi connectivity index (χ0) is 27.9. The fraction of sp³-hybridized carbons (Fsp3) is 0.548. The van der Waals surface area contributed by atoms with Crippen LogP contribution in [0.5, 0.6) is 0 Å². The van der Waals surface area contributed by atoms with Gasteiger partial charge in [-0.1, -0.05) is 42.0 Å². The monoisotopic (exact) mass is 551 g/mol. The first-order chi connectivity index (χ1) is 18.5. The number of rotatable bonds is 9. The van der Waals surface area contributed by atoms with Gasteiger partial charge in [0.1, 0.15) is 12.6 Å². The van der Waals surface area contributed by atoms with Crippen LogP contribution in [0.2, 0.25) is 0 Å². The quantitative estimate of drug-likeness (QED) is 0.501. The van der Waals surface area contributed by atoms with Gasteiger partial charge in [-0.2, -0.15) is 0 Å². The Hall–Kier alpha value is -2.87. The Morgan fingerprint density at radius 3 is 2.10 bits per heavy atom. The summed E-state index contributed by atoms with van der Waals surface area (Å²) in [5.74, 6) is 1.73. The van der Waals surface area contributed by atoms with E-state index in [1.807, 2.05) is 43.3 Å². The standard InChI is InChI=1S/C31H41N3O4S/c1-21-6-5-7-23(12-21)19-33(22(2)30(36)32-3)29(35)20-34(39(4,37)38)28-10-8-27(9-11-28)31-16-24-13-25(17-31)15-26(14-24)18-31/h5-12,22,24-26H,13-20H2,1-4H3,(H,32,36). The van der Waals surface area contributed by atoms with Crippen molar-refractivity contribution >= 4 is 27.5 Å². The number of sulfonamides is 1. The first-order valence-electron chi connectivity index (χ1n) is 14.1. The van der Waals surface area contributed by atoms with Crippen molar-refractivity contribution in [2.45, 2.75) is 70.4 Å². The van der Waals surface area contributed by atoms with E-state index < -0.39 is 22.0 Å². The van der Waals surface area contributed by atoms with Crippen LogP contribution in [0.1, 0.15) is 62.1 Å². The summed E-state index contributed by atoms with van der Waals surface area (Å²) < 4.78 is 27.0. The Bertz CT molecular complexity index is 1300. The number of benzene rings is 2. The molecule has 1 atom stereocenters. The largest absolute Gasteiger partial charge is 0.357 e. The van der Waals surface area contributed by atoms with Crippen molar-refractivity contribution in [2.75, 3.05) is 24.2 Å². The summed E-state index contributed by atoms with van der Waals surface area (Å²) in [7, 11) is -2.22. The van der Waals surface area contributed by atoms with E-state index in [-0.39, 0.29) is 24.4 Å². The lowest BCUT2D eigenvalue weighted by Gasteiger charge is -2.57. The number of amides is 2. The summed E-state index contributed by atoms with van der Waals surface area (Å²) in [6.07, 6.45) is 8.94. The van der Waals surface area contributed by atoms with E-state index in [9.17, 15) is 18.0 Å². The van der Waals surface area contributed by atoms with Crippen molar-refractivity contribution in [2.24, 2.45) is 17.8 Å². The van der Waals surface area contributed by atoms with E-state index in [4.69, 9.17) is 0 Å². The van der Waals surface area contributed by atoms with Gasteiger partial charge in [-0.3, -0.25) is 13.9 Å². The van der Waals surface area contributed by atoms with Crippen LogP contribution in [0.3, 0.4) is 0 Å². The van der Waals surface area contributed by atoms with E-state index in [0.29, 0.717) is 5.69 Å². The van der Waals surface area contributed by atoms with Crippen molar-refractivity contribution in [3.63, 3.8) is 0 Å². The van der Waals surface area contributed by atoms with Gasteiger partial charge < -0.3 is 10.2 Å². The molecule has 4 saturated carbocycles. The van der Waals surface area contributed by atoms with Gasteiger partial charge in [-0.05, 0) is 98.8 Å². The summed E-state index contributed by atoms with van der Waals surface area (Å²) in [6, 6.07) is 14.9. The molecule has 0 spiro atoms. The molecular formula is C31H41N3O4S. The SMILES string of the molecule is CNC(=O)C(C)N(Cc1cccc(C)c1)C(=O)CN(c1ccc(C23CC4CC(CC(C4)C2)C3)cc1)S(C)(=O)=O. The summed E-state index contributed by atoms with van der Waals surface area (Å²) >= 11 is 0. The van der Waals surface area contributed by atoms with Gasteiger partial charge in [0.15, 0.2) is 0 Å². The second-order valence-corrected chi connectivity index (χ2v) is 14.2. The van der Waals surface area contributed by atoms with Crippen LogP contribution in [0.25, 0.3) is 0 Å². The maximum atomic E-state index is 13.7. The van der Waals surface area contributed by atoms with Gasteiger partial charge in [0.2, 0.25) is 21.8 Å². The molecule has 6 rings (SSSR count). The average Bonchev–Trinajstić information content (AvgIpc) is 2.88. The summed E-state index contributed by atoms with van der Waals surface area (Å²) in [6.45, 7) is 3.47. The molecule has 0 aromatic heterocycles. The van der Waals surface area contributed by atoms with Crippen molar-refractivity contribution in [3.8, 4) is 0 Å². The summed E-state index contributed by atoms with van der Waals surface area (Å²) in [4.78, 5) is 27.6. The van der Waals surface area contributed by atoms with Crippen LogP contribution < -0.4 is 9.62 Å². The summed E-state index contributed by atoms with van der Waals surface area (Å²) in [5, 5.41) is 2.61. The molecular weight excluding hydrogens is 510 g/mol. The zero-order valence-corrected chi connectivity index (χ0v) is 24.3. The molecule has 1 unspecified atom stereocenters. The number of nitrogens with one attached hydrogen (secondary N) is 1. The molecule has 2 aromatic carbocycles. The number of carbonyl (C=O) groups excluding carboxylic acids is 2. The smallest absolute Gasteiger partial charge is 0.244 e. The van der Waals surface area contributed by atoms with Crippen molar-refractivity contribution in [3.05, 3.63) is 65.2 Å². The van der Waals surface area contributed by atoms with Crippen LogP contribution in [0.4, 0.5) is 5.69 Å². The molecule has 8 heteroatoms. The Morgan fingerprint density at radius 2 is 1.59 bits per heavy atom. The fourth-order valence-corrected chi connectivity index (χ4v) is 8.71. The highest BCUT2D eigenvalue weighted by atomic mass is 32.2. The third kappa shape index (κ3) is 5.72. The number of hydrogen-bond donors (Lipinski definition) is 1. The molecule has 0 saturated heterocycles. The Morgan fingerprint density at radius 1 is 1.00 bits per heavy atom. The van der Waals surface area contributed by atoms with Crippen LogP contribution >= 0.6 is 0 Å². The molecule has 39 heavy (non-hydrogen) atoms. The highest BCUT2D eigenvalue weighted by Gasteiger charge is 2.51. The molecule has 4 bridgehead atoms. The number of likely N-dealkylation sites (N-methyl/N-ethyl adjacent to an activating group) is 1. The van der Waals surface area contributed by atoms with Crippen molar-refractivity contribution in [1.29, 1.82) is 0 Å². The van der Waals surface area contributed by atoms with Gasteiger partial charge >= 0.3 is 0 Å². The van der Waals surface area contributed by atoms with Gasteiger partial charge in [0.05, 0.1) is 11.9 Å². The van der Waals surface area contributed by atoms with Gasteiger partial charge in [-0.15, -0.1) is 0 Å². The molecule has 4 aliphatic carbocycles. The number of hydrogen-bond acceptors (Lipinski definition) is 4. The maximum Gasteiger partial charge on any atom is 0.244 e. The topological polar surface area (TPSA) is 86.8 Å². The van der Waals surface area contributed by atoms with E-state index >= 15 is 0 Å². The maximum absolute atomic E-state index is 13.7. The van der Waals surface area contributed by atoms with Crippen molar-refractivity contribution < 1.29 is 18.0 Å². The minimum atomic E-state index is -3.75. The molecule has 0 aliphatic heterocycles. The van der Waals surface area contributed by atoms with E-state index in [1.165, 1.54) is 60.3 Å². The van der Waals surface area contributed by atoms with Crippen LogP contribution in [0.15, 0.2) is 48.5 Å². The predicted octanol–water partition coefficient (Wildman–Crippen LogP) is 4.39. The molecule has 4 aliphatic rings. The first-order valence-corrected chi connectivity index (χ1v) is 16.0. The van der Waals surface area contributed by atoms with E-state index in [1.54, 1.807) is 6.92 Å². The molecule has 1 N–H and O–H groups in total. The highest BCUT2D eigenvalue weighted by molar-refractivity contribution is 7.92. The Labute approximate surface area is 233 Å². The Kier molecular flexibility index (Phi) is 7.53. The third-order valence-electron chi connectivity index (χ3n) is 9.33. The van der Waals surface area contributed by atoms with Crippen LogP contribution in [0, 0.1) is 24.7 Å². The van der Waals surface area contributed by atoms with Gasteiger partial charge in [0, 0.05) is 13.6 Å². The van der Waals surface area contributed by atoms with Gasteiger partial charge in [0.25, 0.3) is 0 Å². The van der Waals surface area contributed by atoms with E-state index in [0.717, 1.165) is 35.1 Å². The molecule has 2 aromatic rings. The highest BCUT2D eigenvalue weighted by Crippen LogP contribution is 2.60. The number of aryl methyl sites for hydroxylation is 1.